The van der Waals surface area contributed by atoms with Gasteiger partial charge in [0.25, 0.3) is 0 Å². The van der Waals surface area contributed by atoms with E-state index in [9.17, 15) is 13.6 Å². The molecule has 5 rings (SSSR count). The molecule has 1 aliphatic carbocycles. The molecule has 9 heteroatoms. The zero-order chi connectivity index (χ0) is 23.7. The number of carbonyl (C=O) groups is 1. The summed E-state index contributed by atoms with van der Waals surface area (Å²) in [5.74, 6) is 1.29. The predicted octanol–water partition coefficient (Wildman–Crippen LogP) is 4.58. The number of nitrogens with zero attached hydrogens (tertiary/aromatic N) is 2. The number of Topliss-reactive ketones (excluding diaryl/α,β-unsaturated/α-hetero) is 1. The third kappa shape index (κ3) is 4.84. The number of methoxy groups -OCH3 is 1. The molecule has 1 aliphatic heterocycles. The molecule has 0 unspecified atom stereocenters. The highest BCUT2D eigenvalue weighted by atomic mass is 19.3. The Morgan fingerprint density at radius 1 is 1.21 bits per heavy atom. The molecule has 7 nitrogen and oxygen atoms in total. The first-order valence-electron chi connectivity index (χ1n) is 11.5. The highest BCUT2D eigenvalue weighted by Crippen LogP contribution is 2.40. The van der Waals surface area contributed by atoms with E-state index >= 15 is 0 Å². The van der Waals surface area contributed by atoms with Crippen LogP contribution in [0.1, 0.15) is 36.0 Å². The largest absolute Gasteiger partial charge is 0.496 e. The summed E-state index contributed by atoms with van der Waals surface area (Å²) in [4.78, 5) is 17.3. The minimum atomic E-state index is -3.07. The van der Waals surface area contributed by atoms with Gasteiger partial charge in [0, 0.05) is 36.7 Å². The van der Waals surface area contributed by atoms with E-state index in [2.05, 4.69) is 10.3 Å². The molecule has 180 valence electrons. The first-order valence-corrected chi connectivity index (χ1v) is 11.5. The monoisotopic (exact) mass is 471 g/mol. The van der Waals surface area contributed by atoms with Gasteiger partial charge in [0.1, 0.15) is 28.5 Å². The summed E-state index contributed by atoms with van der Waals surface area (Å²) in [7, 11) is 1.41. The molecule has 3 heterocycles. The Labute approximate surface area is 196 Å². The predicted molar refractivity (Wildman–Crippen MR) is 122 cm³/mol. The van der Waals surface area contributed by atoms with E-state index in [1.807, 2.05) is 22.7 Å². The van der Waals surface area contributed by atoms with E-state index in [1.165, 1.54) is 13.2 Å². The molecule has 1 saturated carbocycles. The number of ether oxygens (including phenoxy) is 3. The van der Waals surface area contributed by atoms with E-state index < -0.39 is 6.61 Å². The number of alkyl halides is 2. The smallest absolute Gasteiger partial charge is 0.387 e. The zero-order valence-electron chi connectivity index (χ0n) is 18.9. The standard InChI is InChI=1S/C25H27F2N3O4/c1-32-21-9-17(10-22(34-25(26)27)24(21)20(31)8-15-2-3-15)19-13-29-23-11-18(5-7-30(19)23)33-14-16-4-6-28-12-16/h5,7,9-11,13,15-16,25,28H,2-4,6,8,12,14H2,1H3/t16-/m1/s1. The summed E-state index contributed by atoms with van der Waals surface area (Å²) < 4.78 is 44.4. The van der Waals surface area contributed by atoms with Gasteiger partial charge in [-0.15, -0.1) is 0 Å². The molecular weight excluding hydrogens is 444 g/mol. The minimum Gasteiger partial charge on any atom is -0.496 e. The van der Waals surface area contributed by atoms with Crippen LogP contribution in [-0.2, 0) is 0 Å². The number of carbonyl (C=O) groups excluding carboxylic acids is 1. The third-order valence-corrected chi connectivity index (χ3v) is 6.38. The number of hydrogen-bond acceptors (Lipinski definition) is 6. The van der Waals surface area contributed by atoms with Crippen molar-refractivity contribution in [2.75, 3.05) is 26.8 Å². The van der Waals surface area contributed by atoms with E-state index in [4.69, 9.17) is 14.2 Å². The second-order valence-electron chi connectivity index (χ2n) is 8.90. The van der Waals surface area contributed by atoms with Gasteiger partial charge in [-0.1, -0.05) is 0 Å². The zero-order valence-corrected chi connectivity index (χ0v) is 18.9. The van der Waals surface area contributed by atoms with Crippen molar-refractivity contribution < 1.29 is 27.8 Å². The van der Waals surface area contributed by atoms with Gasteiger partial charge in [-0.25, -0.2) is 4.98 Å². The highest BCUT2D eigenvalue weighted by Gasteiger charge is 2.29. The first kappa shape index (κ1) is 22.6. The van der Waals surface area contributed by atoms with Crippen LogP contribution in [0.25, 0.3) is 16.9 Å². The second kappa shape index (κ2) is 9.58. The number of hydrogen-bond donors (Lipinski definition) is 1. The summed E-state index contributed by atoms with van der Waals surface area (Å²) in [5, 5.41) is 3.32. The Morgan fingerprint density at radius 3 is 2.74 bits per heavy atom. The first-order chi connectivity index (χ1) is 16.5. The van der Waals surface area contributed by atoms with Crippen molar-refractivity contribution in [3.63, 3.8) is 0 Å². The molecule has 1 saturated heterocycles. The number of imidazole rings is 1. The average Bonchev–Trinajstić information content (AvgIpc) is 3.30. The van der Waals surface area contributed by atoms with E-state index in [0.717, 1.165) is 38.1 Å². The summed E-state index contributed by atoms with van der Waals surface area (Å²) in [6.07, 6.45) is 6.81. The highest BCUT2D eigenvalue weighted by molar-refractivity contribution is 6.02. The van der Waals surface area contributed by atoms with Gasteiger partial charge in [-0.2, -0.15) is 8.78 Å². The van der Waals surface area contributed by atoms with Gasteiger partial charge in [-0.05, 0) is 49.9 Å². The number of rotatable bonds is 10. The molecule has 3 aromatic rings. The van der Waals surface area contributed by atoms with E-state index in [-0.39, 0.29) is 22.8 Å². The Bertz CT molecular complexity index is 1190. The van der Waals surface area contributed by atoms with Crippen LogP contribution in [-0.4, -0.2) is 48.6 Å². The van der Waals surface area contributed by atoms with Crippen LogP contribution < -0.4 is 19.5 Å². The normalized spacial score (nSPS) is 17.9. The van der Waals surface area contributed by atoms with Gasteiger partial charge in [-0.3, -0.25) is 9.20 Å². The molecule has 0 radical (unpaired) electrons. The Balaban J connectivity index is 1.46. The SMILES string of the molecule is COc1cc(-c2cnc3cc(OC[C@@H]4CCNC4)ccn23)cc(OC(F)F)c1C(=O)CC1CC1. The number of aromatic nitrogens is 2. The van der Waals surface area contributed by atoms with Crippen molar-refractivity contribution in [2.45, 2.75) is 32.3 Å². The fourth-order valence-corrected chi connectivity index (χ4v) is 4.38. The molecule has 34 heavy (non-hydrogen) atoms. The third-order valence-electron chi connectivity index (χ3n) is 6.38. The Morgan fingerprint density at radius 2 is 2.03 bits per heavy atom. The molecule has 1 aromatic carbocycles. The Hall–Kier alpha value is -3.20. The van der Waals surface area contributed by atoms with Crippen LogP contribution in [0.3, 0.4) is 0 Å². The summed E-state index contributed by atoms with van der Waals surface area (Å²) in [6, 6.07) is 6.81. The maximum absolute atomic E-state index is 13.2. The number of nitrogens with one attached hydrogen (secondary N) is 1. The van der Waals surface area contributed by atoms with E-state index in [0.29, 0.717) is 41.8 Å². The van der Waals surface area contributed by atoms with Gasteiger partial charge in [0.2, 0.25) is 0 Å². The van der Waals surface area contributed by atoms with Crippen LogP contribution in [0.2, 0.25) is 0 Å². The molecule has 1 N–H and O–H groups in total. The number of fused-ring (bicyclic) bond motifs is 1. The Kier molecular flexibility index (Phi) is 6.36. The maximum atomic E-state index is 13.2. The van der Waals surface area contributed by atoms with Crippen molar-refractivity contribution in [1.29, 1.82) is 0 Å². The average molecular weight is 472 g/mol. The quantitative estimate of drug-likeness (QED) is 0.437. The number of halogens is 2. The second-order valence-corrected chi connectivity index (χ2v) is 8.90. The maximum Gasteiger partial charge on any atom is 0.387 e. The van der Waals surface area contributed by atoms with Crippen LogP contribution in [0, 0.1) is 11.8 Å². The van der Waals surface area contributed by atoms with Crippen LogP contribution >= 0.6 is 0 Å². The molecule has 0 bridgehead atoms. The number of pyridine rings is 1. The molecule has 0 amide bonds. The number of benzene rings is 1. The summed E-state index contributed by atoms with van der Waals surface area (Å²) >= 11 is 0. The van der Waals surface area contributed by atoms with Crippen molar-refractivity contribution >= 4 is 11.4 Å². The van der Waals surface area contributed by atoms with Crippen molar-refractivity contribution in [3.8, 4) is 28.5 Å². The van der Waals surface area contributed by atoms with Crippen LogP contribution in [0.15, 0.2) is 36.7 Å². The molecule has 2 aromatic heterocycles. The fraction of sp³-hybridized carbons (Fsp3) is 0.440. The molecule has 1 atom stereocenters. The molecule has 2 fully saturated rings. The summed E-state index contributed by atoms with van der Waals surface area (Å²) in [5.41, 5.74) is 1.92. The van der Waals surface area contributed by atoms with Gasteiger partial charge < -0.3 is 19.5 Å². The van der Waals surface area contributed by atoms with Crippen molar-refractivity contribution in [1.82, 2.24) is 14.7 Å². The lowest BCUT2D eigenvalue weighted by atomic mass is 10.00. The van der Waals surface area contributed by atoms with Gasteiger partial charge in [0.15, 0.2) is 5.78 Å². The van der Waals surface area contributed by atoms with Crippen LogP contribution in [0.5, 0.6) is 17.2 Å². The van der Waals surface area contributed by atoms with Gasteiger partial charge >= 0.3 is 6.61 Å². The molecule has 0 spiro atoms. The molecule has 2 aliphatic rings. The lowest BCUT2D eigenvalue weighted by molar-refractivity contribution is -0.0502. The summed E-state index contributed by atoms with van der Waals surface area (Å²) in [6.45, 7) is -0.454. The van der Waals surface area contributed by atoms with Crippen LogP contribution in [0.4, 0.5) is 8.78 Å². The molecular formula is C25H27F2N3O4. The van der Waals surface area contributed by atoms with Crippen molar-refractivity contribution in [3.05, 3.63) is 42.2 Å². The minimum absolute atomic E-state index is 0.0596. The van der Waals surface area contributed by atoms with Crippen molar-refractivity contribution in [2.24, 2.45) is 11.8 Å². The lowest BCUT2D eigenvalue weighted by Gasteiger charge is -2.16. The van der Waals surface area contributed by atoms with Gasteiger partial charge in [0.05, 0.1) is 25.6 Å². The lowest BCUT2D eigenvalue weighted by Crippen LogP contribution is -2.15. The fourth-order valence-electron chi connectivity index (χ4n) is 4.38. The van der Waals surface area contributed by atoms with E-state index in [1.54, 1.807) is 12.3 Å². The topological polar surface area (TPSA) is 74.1 Å². The number of ketones is 1.